The van der Waals surface area contributed by atoms with Gasteiger partial charge in [-0.05, 0) is 6.07 Å². The molecule has 0 aliphatic rings. The van der Waals surface area contributed by atoms with Crippen LogP contribution in [0.25, 0.3) is 0 Å². The fourth-order valence-electron chi connectivity index (χ4n) is 0.625. The first-order chi connectivity index (χ1) is 4.34. The number of pyridine rings is 1. The number of rotatable bonds is 1. The van der Waals surface area contributed by atoms with Crippen molar-refractivity contribution in [3.8, 4) is 0 Å². The Morgan fingerprint density at radius 3 is 2.78 bits per heavy atom. The smallest absolute Gasteiger partial charge is 0.236 e. The Hall–Kier alpha value is -1.09. The summed E-state index contributed by atoms with van der Waals surface area (Å²) in [6, 6.07) is 5.40. The van der Waals surface area contributed by atoms with Crippen LogP contribution in [0, 0.1) is 0 Å². The molecule has 0 spiro atoms. The van der Waals surface area contributed by atoms with Gasteiger partial charge in [-0.2, -0.15) is 0 Å². The lowest BCUT2D eigenvalue weighted by Gasteiger charge is -1.89. The number of hydrogen-bond acceptors (Lipinski definition) is 2. The van der Waals surface area contributed by atoms with Gasteiger partial charge in [-0.25, -0.2) is 5.84 Å². The summed E-state index contributed by atoms with van der Waals surface area (Å²) in [5.74, 6) is 5.39. The molecule has 3 N–H and O–H groups in total. The van der Waals surface area contributed by atoms with Crippen LogP contribution in [0.15, 0.2) is 24.4 Å². The number of nitrogens with zero attached hydrogens (tertiary/aromatic N) is 1. The molecule has 0 saturated heterocycles. The topological polar surface area (TPSA) is 50.1 Å². The van der Waals surface area contributed by atoms with E-state index in [1.807, 2.05) is 6.07 Å². The van der Waals surface area contributed by atoms with E-state index in [4.69, 9.17) is 10.9 Å². The molecule has 0 amide bonds. The molecule has 0 fully saturated rings. The Bertz CT molecular complexity index is 200. The predicted octanol–water partition coefficient (Wildman–Crippen LogP) is -0.820. The lowest BCUT2D eigenvalue weighted by atomic mass is 10.4. The average molecular weight is 125 g/mol. The van der Waals surface area contributed by atoms with Gasteiger partial charge in [0.15, 0.2) is 6.20 Å². The maximum absolute atomic E-state index is 8.62. The van der Waals surface area contributed by atoms with Gasteiger partial charge in [0.25, 0.3) is 0 Å². The fraction of sp³-hybridized carbons (Fsp3) is 0.167. The van der Waals surface area contributed by atoms with Crippen LogP contribution >= 0.6 is 0 Å². The molecular formula is C6H9N2O+. The van der Waals surface area contributed by atoms with E-state index in [1.165, 1.54) is 4.68 Å². The van der Waals surface area contributed by atoms with Gasteiger partial charge in [-0.15, -0.1) is 0 Å². The number of aromatic nitrogens is 1. The molecule has 0 unspecified atom stereocenters. The standard InChI is InChI=1S/C6H9N2O/c7-8-4-2-1-3-6(8)5-9/h1-4,9H,5,7H2/q+1. The van der Waals surface area contributed by atoms with Crippen molar-refractivity contribution in [1.29, 1.82) is 0 Å². The van der Waals surface area contributed by atoms with Gasteiger partial charge in [-0.3, -0.25) is 0 Å². The number of aliphatic hydroxyl groups is 1. The second kappa shape index (κ2) is 2.46. The molecule has 0 atom stereocenters. The largest absolute Gasteiger partial charge is 0.385 e. The van der Waals surface area contributed by atoms with Gasteiger partial charge in [0.05, 0.1) is 0 Å². The van der Waals surface area contributed by atoms with Crippen LogP contribution in [0.2, 0.25) is 0 Å². The molecule has 0 saturated carbocycles. The first-order valence-electron chi connectivity index (χ1n) is 2.70. The maximum atomic E-state index is 8.62. The van der Waals surface area contributed by atoms with Gasteiger partial charge in [0, 0.05) is 12.1 Å². The van der Waals surface area contributed by atoms with E-state index in [0.29, 0.717) is 5.69 Å². The van der Waals surface area contributed by atoms with Crippen molar-refractivity contribution in [2.24, 2.45) is 0 Å². The third kappa shape index (κ3) is 1.17. The minimum atomic E-state index is -0.0165. The highest BCUT2D eigenvalue weighted by Gasteiger charge is 2.00. The Labute approximate surface area is 53.3 Å². The number of aliphatic hydroxyl groups excluding tert-OH is 1. The van der Waals surface area contributed by atoms with Crippen molar-refractivity contribution in [2.75, 3.05) is 5.84 Å². The molecule has 1 aromatic heterocycles. The van der Waals surface area contributed by atoms with Crippen LogP contribution in [0.1, 0.15) is 5.69 Å². The first kappa shape index (κ1) is 6.04. The number of nitrogen functional groups attached to an aromatic ring is 1. The Morgan fingerprint density at radius 2 is 2.33 bits per heavy atom. The first-order valence-corrected chi connectivity index (χ1v) is 2.70. The summed E-state index contributed by atoms with van der Waals surface area (Å²) in [4.78, 5) is 0. The van der Waals surface area contributed by atoms with Gasteiger partial charge in [0.1, 0.15) is 6.61 Å². The van der Waals surface area contributed by atoms with E-state index in [2.05, 4.69) is 0 Å². The second-order valence-corrected chi connectivity index (χ2v) is 1.76. The van der Waals surface area contributed by atoms with Crippen LogP contribution in [-0.4, -0.2) is 5.11 Å². The van der Waals surface area contributed by atoms with Crippen LogP contribution in [0.3, 0.4) is 0 Å². The van der Waals surface area contributed by atoms with Crippen molar-refractivity contribution in [3.63, 3.8) is 0 Å². The summed E-state index contributed by atoms with van der Waals surface area (Å²) in [5.41, 5.74) is 0.706. The summed E-state index contributed by atoms with van der Waals surface area (Å²) in [6.45, 7) is -0.0165. The van der Waals surface area contributed by atoms with Gasteiger partial charge >= 0.3 is 0 Å². The minimum absolute atomic E-state index is 0.0165. The third-order valence-electron chi connectivity index (χ3n) is 1.14. The molecule has 1 rings (SSSR count). The number of nitrogens with two attached hydrogens (primary N) is 1. The highest BCUT2D eigenvalue weighted by molar-refractivity contribution is 4.95. The van der Waals surface area contributed by atoms with Crippen molar-refractivity contribution >= 4 is 0 Å². The molecule has 48 valence electrons. The van der Waals surface area contributed by atoms with Crippen LogP contribution in [0.4, 0.5) is 0 Å². The van der Waals surface area contributed by atoms with E-state index in [9.17, 15) is 0 Å². The highest BCUT2D eigenvalue weighted by atomic mass is 16.3. The molecule has 0 bridgehead atoms. The third-order valence-corrected chi connectivity index (χ3v) is 1.14. The highest BCUT2D eigenvalue weighted by Crippen LogP contribution is 1.86. The quantitative estimate of drug-likeness (QED) is 0.380. The van der Waals surface area contributed by atoms with E-state index in [-0.39, 0.29) is 6.61 Å². The Balaban J connectivity index is 3.01. The monoisotopic (exact) mass is 125 g/mol. The maximum Gasteiger partial charge on any atom is 0.236 e. The van der Waals surface area contributed by atoms with E-state index in [1.54, 1.807) is 18.3 Å². The molecule has 0 aromatic carbocycles. The zero-order valence-corrected chi connectivity index (χ0v) is 4.99. The summed E-state index contributed by atoms with van der Waals surface area (Å²) in [5, 5.41) is 8.62. The fourth-order valence-corrected chi connectivity index (χ4v) is 0.625. The predicted molar refractivity (Wildman–Crippen MR) is 32.7 cm³/mol. The molecule has 9 heavy (non-hydrogen) atoms. The van der Waals surface area contributed by atoms with Gasteiger partial charge in [0.2, 0.25) is 5.69 Å². The molecule has 0 aliphatic carbocycles. The zero-order chi connectivity index (χ0) is 6.69. The molecule has 3 heteroatoms. The van der Waals surface area contributed by atoms with Crippen LogP contribution < -0.4 is 10.5 Å². The second-order valence-electron chi connectivity index (χ2n) is 1.76. The van der Waals surface area contributed by atoms with E-state index in [0.717, 1.165) is 0 Å². The van der Waals surface area contributed by atoms with Crippen molar-refractivity contribution in [1.82, 2.24) is 0 Å². The molecule has 1 aromatic rings. The summed E-state index contributed by atoms with van der Waals surface area (Å²) < 4.78 is 1.39. The SMILES string of the molecule is N[n+]1ccccc1CO. The normalized spacial score (nSPS) is 9.44. The van der Waals surface area contributed by atoms with Crippen molar-refractivity contribution in [3.05, 3.63) is 30.1 Å². The lowest BCUT2D eigenvalue weighted by molar-refractivity contribution is -0.649. The van der Waals surface area contributed by atoms with Crippen molar-refractivity contribution < 1.29 is 9.78 Å². The average Bonchev–Trinajstić information content (AvgIpc) is 1.89. The molecular weight excluding hydrogens is 116 g/mol. The van der Waals surface area contributed by atoms with Crippen LogP contribution in [0.5, 0.6) is 0 Å². The van der Waals surface area contributed by atoms with E-state index >= 15 is 0 Å². The molecule has 1 heterocycles. The van der Waals surface area contributed by atoms with Gasteiger partial charge in [-0.1, -0.05) is 4.68 Å². The zero-order valence-electron chi connectivity index (χ0n) is 4.99. The Kier molecular flexibility index (Phi) is 1.65. The van der Waals surface area contributed by atoms with Crippen molar-refractivity contribution in [2.45, 2.75) is 6.61 Å². The Morgan fingerprint density at radius 1 is 1.56 bits per heavy atom. The summed E-state index contributed by atoms with van der Waals surface area (Å²) >= 11 is 0. The summed E-state index contributed by atoms with van der Waals surface area (Å²) in [7, 11) is 0. The van der Waals surface area contributed by atoms with E-state index < -0.39 is 0 Å². The summed E-state index contributed by atoms with van der Waals surface area (Å²) in [6.07, 6.45) is 1.69. The van der Waals surface area contributed by atoms with Gasteiger partial charge < -0.3 is 5.11 Å². The number of hydrogen-bond donors (Lipinski definition) is 2. The molecule has 0 aliphatic heterocycles. The molecule has 0 radical (unpaired) electrons. The molecule has 3 nitrogen and oxygen atoms in total. The minimum Gasteiger partial charge on any atom is -0.385 e. The lowest BCUT2D eigenvalue weighted by Crippen LogP contribution is -2.47. The van der Waals surface area contributed by atoms with Crippen LogP contribution in [-0.2, 0) is 6.61 Å².